The molecule has 0 atom stereocenters. The van der Waals surface area contributed by atoms with Crippen LogP contribution in [0.1, 0.15) is 21.5 Å². The van der Waals surface area contributed by atoms with Gasteiger partial charge in [-0.25, -0.2) is 4.79 Å². The lowest BCUT2D eigenvalue weighted by Gasteiger charge is -2.04. The Labute approximate surface area is 81.1 Å². The van der Waals surface area contributed by atoms with E-state index in [0.29, 0.717) is 12.1 Å². The molecule has 0 unspecified atom stereocenters. The smallest absolute Gasteiger partial charge is 0.336 e. The van der Waals surface area contributed by atoms with Crippen molar-refractivity contribution in [3.63, 3.8) is 0 Å². The third-order valence-corrected chi connectivity index (χ3v) is 2.07. The van der Waals surface area contributed by atoms with Gasteiger partial charge in [-0.3, -0.25) is 0 Å². The molecule has 0 fully saturated rings. The quantitative estimate of drug-likeness (QED) is 0.727. The van der Waals surface area contributed by atoms with E-state index < -0.39 is 5.97 Å². The van der Waals surface area contributed by atoms with E-state index in [4.69, 9.17) is 22.4 Å². The van der Waals surface area contributed by atoms with E-state index in [1.54, 1.807) is 12.1 Å². The Morgan fingerprint density at radius 3 is 2.69 bits per heavy atom. The molecule has 0 aliphatic carbocycles. The van der Waals surface area contributed by atoms with Crippen LogP contribution >= 0.6 is 11.6 Å². The molecule has 0 heterocycles. The number of halogens is 1. The number of benzene rings is 1. The first-order chi connectivity index (χ1) is 6.19. The minimum Gasteiger partial charge on any atom is -0.478 e. The fourth-order valence-corrected chi connectivity index (χ4v) is 1.31. The van der Waals surface area contributed by atoms with Crippen LogP contribution in [0.15, 0.2) is 18.2 Å². The maximum Gasteiger partial charge on any atom is 0.336 e. The van der Waals surface area contributed by atoms with Crippen molar-refractivity contribution in [3.05, 3.63) is 34.9 Å². The largest absolute Gasteiger partial charge is 0.478 e. The third-order valence-electron chi connectivity index (χ3n) is 1.78. The number of hydrogen-bond acceptors (Lipinski definition) is 2. The van der Waals surface area contributed by atoms with E-state index >= 15 is 0 Å². The lowest BCUT2D eigenvalue weighted by molar-refractivity contribution is 0.0696. The molecule has 0 bridgehead atoms. The summed E-state index contributed by atoms with van der Waals surface area (Å²) in [7, 11) is 0. The number of nitrogens with two attached hydrogens (primary N) is 1. The maximum absolute atomic E-state index is 10.7. The zero-order valence-corrected chi connectivity index (χ0v) is 7.71. The van der Waals surface area contributed by atoms with E-state index in [1.165, 1.54) is 6.07 Å². The molecule has 0 saturated carbocycles. The molecule has 1 aromatic rings. The molecule has 4 heteroatoms. The Balaban J connectivity index is 3.15. The first kappa shape index (κ1) is 10.0. The highest BCUT2D eigenvalue weighted by Gasteiger charge is 2.08. The highest BCUT2D eigenvalue weighted by atomic mass is 35.5. The van der Waals surface area contributed by atoms with Crippen LogP contribution in [0.4, 0.5) is 0 Å². The molecule has 0 saturated heterocycles. The van der Waals surface area contributed by atoms with Crippen molar-refractivity contribution in [1.29, 1.82) is 0 Å². The second-order valence-electron chi connectivity index (χ2n) is 2.63. The molecule has 1 rings (SSSR count). The first-order valence-corrected chi connectivity index (χ1v) is 4.33. The van der Waals surface area contributed by atoms with Crippen LogP contribution in [0, 0.1) is 0 Å². The van der Waals surface area contributed by atoms with Gasteiger partial charge in [0.25, 0.3) is 0 Å². The Morgan fingerprint density at radius 1 is 1.54 bits per heavy atom. The minimum atomic E-state index is -0.959. The molecule has 0 aromatic heterocycles. The number of carboxylic acids is 1. The normalized spacial score (nSPS) is 10.0. The van der Waals surface area contributed by atoms with Gasteiger partial charge in [-0.1, -0.05) is 12.1 Å². The molecule has 0 aliphatic heterocycles. The zero-order chi connectivity index (χ0) is 9.84. The molecule has 3 nitrogen and oxygen atoms in total. The van der Waals surface area contributed by atoms with Crippen molar-refractivity contribution in [2.75, 3.05) is 0 Å². The summed E-state index contributed by atoms with van der Waals surface area (Å²) >= 11 is 5.60. The molecule has 0 aliphatic rings. The number of alkyl halides is 1. The van der Waals surface area contributed by atoms with Gasteiger partial charge in [0.15, 0.2) is 0 Å². The zero-order valence-electron chi connectivity index (χ0n) is 6.96. The van der Waals surface area contributed by atoms with E-state index in [9.17, 15) is 4.79 Å². The fraction of sp³-hybridized carbons (Fsp3) is 0.222. The van der Waals surface area contributed by atoms with Crippen molar-refractivity contribution in [2.24, 2.45) is 5.73 Å². The van der Waals surface area contributed by atoms with Crippen molar-refractivity contribution in [1.82, 2.24) is 0 Å². The predicted molar refractivity (Wildman–Crippen MR) is 50.8 cm³/mol. The SMILES string of the molecule is NCc1ccc(C(=O)O)c(CCl)c1. The number of hydrogen-bond donors (Lipinski definition) is 2. The summed E-state index contributed by atoms with van der Waals surface area (Å²) in [5.74, 6) is -0.769. The van der Waals surface area contributed by atoms with Crippen molar-refractivity contribution >= 4 is 17.6 Å². The van der Waals surface area contributed by atoms with Gasteiger partial charge < -0.3 is 10.8 Å². The van der Waals surface area contributed by atoms with Gasteiger partial charge in [-0.15, -0.1) is 11.6 Å². The standard InChI is InChI=1S/C9H10ClNO2/c10-4-7-3-6(5-11)1-2-8(7)9(12)13/h1-3H,4-5,11H2,(H,12,13). The monoisotopic (exact) mass is 199 g/mol. The summed E-state index contributed by atoms with van der Waals surface area (Å²) in [6.45, 7) is 0.393. The number of rotatable bonds is 3. The van der Waals surface area contributed by atoms with Crippen LogP contribution in [0.25, 0.3) is 0 Å². The second kappa shape index (κ2) is 4.25. The van der Waals surface area contributed by atoms with Crippen LogP contribution in [0.3, 0.4) is 0 Å². The summed E-state index contributed by atoms with van der Waals surface area (Å²) < 4.78 is 0. The summed E-state index contributed by atoms with van der Waals surface area (Å²) in [5.41, 5.74) is 7.15. The fourth-order valence-electron chi connectivity index (χ4n) is 1.09. The summed E-state index contributed by atoms with van der Waals surface area (Å²) in [5, 5.41) is 8.77. The Morgan fingerprint density at radius 2 is 2.23 bits per heavy atom. The van der Waals surface area contributed by atoms with Crippen molar-refractivity contribution < 1.29 is 9.90 Å². The average molecular weight is 200 g/mol. The summed E-state index contributed by atoms with van der Waals surface area (Å²) in [6, 6.07) is 4.94. The van der Waals surface area contributed by atoms with E-state index in [2.05, 4.69) is 0 Å². The Hall–Kier alpha value is -1.06. The molecular formula is C9H10ClNO2. The van der Waals surface area contributed by atoms with E-state index in [1.807, 2.05) is 0 Å². The molecule has 3 N–H and O–H groups in total. The second-order valence-corrected chi connectivity index (χ2v) is 2.90. The predicted octanol–water partition coefficient (Wildman–Crippen LogP) is 1.58. The minimum absolute atomic E-state index is 0.190. The molecule has 0 radical (unpaired) electrons. The van der Waals surface area contributed by atoms with Crippen LogP contribution < -0.4 is 5.73 Å². The maximum atomic E-state index is 10.7. The number of aromatic carboxylic acids is 1. The van der Waals surface area contributed by atoms with E-state index in [-0.39, 0.29) is 11.4 Å². The van der Waals surface area contributed by atoms with Gasteiger partial charge in [0.2, 0.25) is 0 Å². The highest BCUT2D eigenvalue weighted by molar-refractivity contribution is 6.17. The lowest BCUT2D eigenvalue weighted by atomic mass is 10.1. The van der Waals surface area contributed by atoms with Crippen LogP contribution in [-0.2, 0) is 12.4 Å². The van der Waals surface area contributed by atoms with Crippen LogP contribution in [0.2, 0.25) is 0 Å². The first-order valence-electron chi connectivity index (χ1n) is 3.80. The summed E-state index contributed by atoms with van der Waals surface area (Å²) in [4.78, 5) is 10.7. The van der Waals surface area contributed by atoms with Gasteiger partial charge in [-0.05, 0) is 17.2 Å². The molecule has 70 valence electrons. The van der Waals surface area contributed by atoms with Crippen molar-refractivity contribution in [3.8, 4) is 0 Å². The average Bonchev–Trinajstić information content (AvgIpc) is 2.16. The Bertz CT molecular complexity index is 325. The van der Waals surface area contributed by atoms with Gasteiger partial charge in [0, 0.05) is 12.4 Å². The highest BCUT2D eigenvalue weighted by Crippen LogP contribution is 2.14. The van der Waals surface area contributed by atoms with Gasteiger partial charge in [0.1, 0.15) is 0 Å². The third kappa shape index (κ3) is 2.20. The van der Waals surface area contributed by atoms with E-state index in [0.717, 1.165) is 5.56 Å². The number of carboxylic acid groups (broad SMARTS) is 1. The molecule has 0 amide bonds. The molecule has 0 spiro atoms. The topological polar surface area (TPSA) is 63.3 Å². The summed E-state index contributed by atoms with van der Waals surface area (Å²) in [6.07, 6.45) is 0. The lowest BCUT2D eigenvalue weighted by Crippen LogP contribution is -2.04. The molecule has 1 aromatic carbocycles. The van der Waals surface area contributed by atoms with Crippen LogP contribution in [-0.4, -0.2) is 11.1 Å². The number of carbonyl (C=O) groups is 1. The van der Waals surface area contributed by atoms with Gasteiger partial charge in [0.05, 0.1) is 5.56 Å². The molecular weight excluding hydrogens is 190 g/mol. The van der Waals surface area contributed by atoms with Gasteiger partial charge in [-0.2, -0.15) is 0 Å². The van der Waals surface area contributed by atoms with Gasteiger partial charge >= 0.3 is 5.97 Å². The van der Waals surface area contributed by atoms with Crippen LogP contribution in [0.5, 0.6) is 0 Å². The Kier molecular flexibility index (Phi) is 3.28. The van der Waals surface area contributed by atoms with Crippen molar-refractivity contribution in [2.45, 2.75) is 12.4 Å². The molecule has 13 heavy (non-hydrogen) atoms.